The van der Waals surface area contributed by atoms with E-state index >= 15 is 0 Å². The van der Waals surface area contributed by atoms with E-state index in [4.69, 9.17) is 4.74 Å². The zero-order valence-electron chi connectivity index (χ0n) is 24.3. The van der Waals surface area contributed by atoms with Crippen LogP contribution < -0.4 is 5.32 Å². The van der Waals surface area contributed by atoms with E-state index in [1.807, 2.05) is 14.1 Å². The Kier molecular flexibility index (Phi) is 10.9. The largest absolute Gasteiger partial charge is 0.418 e. The van der Waals surface area contributed by atoms with Crippen LogP contribution in [0.4, 0.5) is 32.0 Å². The molecule has 0 unspecified atom stereocenters. The molecule has 4 rings (SSSR count). The molecule has 0 atom stereocenters. The summed E-state index contributed by atoms with van der Waals surface area (Å²) in [5.41, 5.74) is -4.37. The number of allylic oxidation sites excluding steroid dienone is 1. The summed E-state index contributed by atoms with van der Waals surface area (Å²) < 4.78 is 90.8. The van der Waals surface area contributed by atoms with Gasteiger partial charge >= 0.3 is 12.4 Å². The van der Waals surface area contributed by atoms with Crippen LogP contribution >= 0.6 is 11.8 Å². The van der Waals surface area contributed by atoms with Crippen molar-refractivity contribution >= 4 is 29.1 Å². The molecule has 0 aliphatic carbocycles. The molecule has 0 saturated carbocycles. The summed E-state index contributed by atoms with van der Waals surface area (Å²) in [6.07, 6.45) is -7.35. The van der Waals surface area contributed by atoms with E-state index in [1.165, 1.54) is 12.3 Å². The van der Waals surface area contributed by atoms with Crippen LogP contribution in [0.1, 0.15) is 34.3 Å². The SMILES string of the molecule is CN(C)CC(=O)N1CCC(Nc2cccc(Sc3ccc(C(=O)C=CN4CCOCC4)c(C(F)(F)F)c3C(F)(F)F)c2)CC1. The maximum atomic E-state index is 14.3. The second kappa shape index (κ2) is 14.2. The smallest absolute Gasteiger partial charge is 0.382 e. The number of likely N-dealkylation sites (tertiary alicyclic amines) is 1. The highest BCUT2D eigenvalue weighted by molar-refractivity contribution is 7.99. The molecular weight excluding hydrogens is 610 g/mol. The summed E-state index contributed by atoms with van der Waals surface area (Å²) in [5.74, 6) is -1.14. The Bertz CT molecular complexity index is 1350. The van der Waals surface area contributed by atoms with Gasteiger partial charge in [0.1, 0.15) is 0 Å². The Balaban J connectivity index is 1.55. The lowest BCUT2D eigenvalue weighted by atomic mass is 9.96. The number of ether oxygens (including phenoxy) is 1. The van der Waals surface area contributed by atoms with E-state index in [2.05, 4.69) is 5.32 Å². The van der Waals surface area contributed by atoms with Gasteiger partial charge in [-0.15, -0.1) is 0 Å². The number of alkyl halides is 6. The Morgan fingerprint density at radius 2 is 1.64 bits per heavy atom. The van der Waals surface area contributed by atoms with E-state index in [0.717, 1.165) is 18.2 Å². The van der Waals surface area contributed by atoms with Crippen molar-refractivity contribution in [2.24, 2.45) is 0 Å². The molecule has 44 heavy (non-hydrogen) atoms. The molecule has 0 spiro atoms. The lowest BCUT2D eigenvalue weighted by Crippen LogP contribution is -2.45. The molecule has 2 aromatic carbocycles. The van der Waals surface area contributed by atoms with Crippen LogP contribution in [0.15, 0.2) is 58.5 Å². The highest BCUT2D eigenvalue weighted by atomic mass is 32.2. The number of ketones is 1. The first kappa shape index (κ1) is 33.7. The number of halogens is 6. The van der Waals surface area contributed by atoms with Gasteiger partial charge in [0.15, 0.2) is 5.78 Å². The fourth-order valence-corrected chi connectivity index (χ4v) is 6.14. The lowest BCUT2D eigenvalue weighted by molar-refractivity contribution is -0.163. The molecule has 2 aliphatic rings. The van der Waals surface area contributed by atoms with Crippen molar-refractivity contribution in [3.63, 3.8) is 0 Å². The Morgan fingerprint density at radius 1 is 0.977 bits per heavy atom. The van der Waals surface area contributed by atoms with Crippen molar-refractivity contribution < 1.29 is 40.7 Å². The molecular formula is C30H34F6N4O3S. The molecule has 2 aliphatic heterocycles. The highest BCUT2D eigenvalue weighted by Gasteiger charge is 2.47. The van der Waals surface area contributed by atoms with Crippen LogP contribution in [-0.2, 0) is 21.9 Å². The van der Waals surface area contributed by atoms with Gasteiger partial charge < -0.3 is 24.8 Å². The van der Waals surface area contributed by atoms with Crippen LogP contribution in [-0.4, -0.2) is 92.5 Å². The number of likely N-dealkylation sites (N-methyl/N-ethyl adjacent to an activating group) is 1. The second-order valence-electron chi connectivity index (χ2n) is 10.9. The average molecular weight is 645 g/mol. The minimum Gasteiger partial charge on any atom is -0.382 e. The second-order valence-corrected chi connectivity index (χ2v) is 12.0. The Morgan fingerprint density at radius 3 is 2.25 bits per heavy atom. The number of piperidine rings is 1. The summed E-state index contributed by atoms with van der Waals surface area (Å²) in [4.78, 5) is 30.0. The molecule has 0 radical (unpaired) electrons. The molecule has 240 valence electrons. The Labute approximate surface area is 256 Å². The molecule has 2 saturated heterocycles. The number of hydrogen-bond acceptors (Lipinski definition) is 7. The number of benzene rings is 2. The van der Waals surface area contributed by atoms with Crippen LogP contribution in [0.25, 0.3) is 0 Å². The third-order valence-electron chi connectivity index (χ3n) is 7.21. The fourth-order valence-electron chi connectivity index (χ4n) is 5.10. The van der Waals surface area contributed by atoms with E-state index in [0.29, 0.717) is 81.1 Å². The minimum absolute atomic E-state index is 0.0111. The summed E-state index contributed by atoms with van der Waals surface area (Å²) >= 11 is 0.545. The maximum Gasteiger partial charge on any atom is 0.418 e. The van der Waals surface area contributed by atoms with Gasteiger partial charge in [0.25, 0.3) is 0 Å². The van der Waals surface area contributed by atoms with Crippen molar-refractivity contribution in [2.75, 3.05) is 65.3 Å². The van der Waals surface area contributed by atoms with Gasteiger partial charge in [-0.1, -0.05) is 17.8 Å². The van der Waals surface area contributed by atoms with Crippen LogP contribution in [0, 0.1) is 0 Å². The third kappa shape index (κ3) is 8.91. The molecule has 0 aromatic heterocycles. The number of carbonyl (C=O) groups excluding carboxylic acids is 2. The predicted octanol–water partition coefficient (Wildman–Crippen LogP) is 5.87. The number of amides is 1. The van der Waals surface area contributed by atoms with Gasteiger partial charge in [-0.25, -0.2) is 0 Å². The number of hydrogen-bond donors (Lipinski definition) is 1. The number of morpholine rings is 1. The lowest BCUT2D eigenvalue weighted by Gasteiger charge is -2.33. The topological polar surface area (TPSA) is 65.1 Å². The minimum atomic E-state index is -5.44. The van der Waals surface area contributed by atoms with Gasteiger partial charge in [-0.05, 0) is 57.3 Å². The third-order valence-corrected chi connectivity index (χ3v) is 8.26. The van der Waals surface area contributed by atoms with Crippen LogP contribution in [0.3, 0.4) is 0 Å². The number of carbonyl (C=O) groups is 2. The van der Waals surface area contributed by atoms with Gasteiger partial charge in [0, 0.05) is 65.5 Å². The zero-order chi connectivity index (χ0) is 32.1. The molecule has 2 aromatic rings. The summed E-state index contributed by atoms with van der Waals surface area (Å²) in [5, 5.41) is 3.32. The zero-order valence-corrected chi connectivity index (χ0v) is 25.1. The van der Waals surface area contributed by atoms with E-state index < -0.39 is 39.7 Å². The predicted molar refractivity (Wildman–Crippen MR) is 155 cm³/mol. The fraction of sp³-hybridized carbons (Fsp3) is 0.467. The molecule has 1 amide bonds. The van der Waals surface area contributed by atoms with Crippen molar-refractivity contribution in [2.45, 2.75) is 41.0 Å². The van der Waals surface area contributed by atoms with Gasteiger partial charge in [0.05, 0.1) is 30.9 Å². The van der Waals surface area contributed by atoms with E-state index in [-0.39, 0.29) is 11.9 Å². The van der Waals surface area contributed by atoms with Crippen molar-refractivity contribution in [1.29, 1.82) is 0 Å². The molecule has 2 heterocycles. The average Bonchev–Trinajstić information content (AvgIpc) is 2.95. The van der Waals surface area contributed by atoms with Crippen molar-refractivity contribution in [3.05, 3.63) is 65.4 Å². The highest BCUT2D eigenvalue weighted by Crippen LogP contribution is 2.48. The molecule has 2 fully saturated rings. The number of anilines is 1. The van der Waals surface area contributed by atoms with Gasteiger partial charge in [0.2, 0.25) is 5.91 Å². The first-order valence-corrected chi connectivity index (χ1v) is 14.9. The van der Waals surface area contributed by atoms with Gasteiger partial charge in [-0.2, -0.15) is 26.3 Å². The van der Waals surface area contributed by atoms with Crippen LogP contribution in [0.2, 0.25) is 0 Å². The first-order valence-electron chi connectivity index (χ1n) is 14.0. The van der Waals surface area contributed by atoms with Crippen molar-refractivity contribution in [1.82, 2.24) is 14.7 Å². The van der Waals surface area contributed by atoms with E-state index in [9.17, 15) is 35.9 Å². The maximum absolute atomic E-state index is 14.3. The molecule has 0 bridgehead atoms. The quantitative estimate of drug-likeness (QED) is 0.208. The van der Waals surface area contributed by atoms with E-state index in [1.54, 1.807) is 32.9 Å². The van der Waals surface area contributed by atoms with Gasteiger partial charge in [-0.3, -0.25) is 9.59 Å². The number of nitrogens with one attached hydrogen (secondary N) is 1. The summed E-state index contributed by atoms with van der Waals surface area (Å²) in [6.45, 7) is 2.97. The summed E-state index contributed by atoms with van der Waals surface area (Å²) in [6, 6.07) is 8.15. The molecule has 1 N–H and O–H groups in total. The molecule has 14 heteroatoms. The standard InChI is InChI=1S/C30H34F6N4O3S/c1-38(2)19-26(42)40-12-8-20(9-13-40)37-21-4-3-5-22(18-21)44-25-7-6-23(24(41)10-11-39-14-16-43-17-15-39)27(29(31,32)33)28(25)30(34,35)36/h3-7,10-11,18,20,37H,8-9,12-17,19H2,1-2H3. The molecule has 7 nitrogen and oxygen atoms in total. The first-order chi connectivity index (χ1) is 20.7. The van der Waals surface area contributed by atoms with Crippen molar-refractivity contribution in [3.8, 4) is 0 Å². The number of nitrogens with zero attached hydrogens (tertiary/aromatic N) is 3. The normalized spacial score (nSPS) is 17.0. The summed E-state index contributed by atoms with van der Waals surface area (Å²) in [7, 11) is 3.63. The monoisotopic (exact) mass is 644 g/mol. The Hall–Kier alpha value is -3.23. The number of rotatable bonds is 9. The van der Waals surface area contributed by atoms with Crippen LogP contribution in [0.5, 0.6) is 0 Å².